The van der Waals surface area contributed by atoms with Gasteiger partial charge in [0.1, 0.15) is 5.69 Å². The number of pyridine rings is 1. The van der Waals surface area contributed by atoms with Crippen LogP contribution in [-0.4, -0.2) is 4.98 Å². The Labute approximate surface area is 82.3 Å². The molecule has 2 nitrogen and oxygen atoms in total. The van der Waals surface area contributed by atoms with Crippen LogP contribution in [0.1, 0.15) is 17.7 Å². The first-order valence-electron chi connectivity index (χ1n) is 3.27. The summed E-state index contributed by atoms with van der Waals surface area (Å²) in [6, 6.07) is 1.34. The van der Waals surface area contributed by atoms with Crippen LogP contribution in [0.15, 0.2) is 12.3 Å². The van der Waals surface area contributed by atoms with E-state index in [4.69, 9.17) is 5.73 Å². The van der Waals surface area contributed by atoms with E-state index in [1.54, 1.807) is 0 Å². The number of alkyl halides is 2. The van der Waals surface area contributed by atoms with Crippen LogP contribution in [0.4, 0.5) is 8.78 Å². The van der Waals surface area contributed by atoms with Gasteiger partial charge in [-0.05, 0) is 34.2 Å². The molecule has 0 aliphatic carbocycles. The maximum Gasteiger partial charge on any atom is 0.280 e. The van der Waals surface area contributed by atoms with Crippen LogP contribution in [0.3, 0.4) is 0 Å². The quantitative estimate of drug-likeness (QED) is 0.844. The van der Waals surface area contributed by atoms with Crippen molar-refractivity contribution in [3.8, 4) is 0 Å². The Morgan fingerprint density at radius 1 is 1.58 bits per heavy atom. The Morgan fingerprint density at radius 3 is 2.75 bits per heavy atom. The second kappa shape index (κ2) is 4.08. The lowest BCUT2D eigenvalue weighted by atomic mass is 10.2. The topological polar surface area (TPSA) is 38.9 Å². The van der Waals surface area contributed by atoms with E-state index in [1.807, 2.05) is 22.6 Å². The minimum Gasteiger partial charge on any atom is -0.326 e. The highest BCUT2D eigenvalue weighted by molar-refractivity contribution is 14.1. The second-order valence-corrected chi connectivity index (χ2v) is 3.37. The Hall–Kier alpha value is -0.300. The molecule has 2 N–H and O–H groups in total. The molecule has 0 fully saturated rings. The lowest BCUT2D eigenvalue weighted by Crippen LogP contribution is -2.02. The van der Waals surface area contributed by atoms with Crippen molar-refractivity contribution in [2.24, 2.45) is 5.73 Å². The Kier molecular flexibility index (Phi) is 3.33. The van der Waals surface area contributed by atoms with E-state index in [2.05, 4.69) is 4.98 Å². The van der Waals surface area contributed by atoms with Crippen molar-refractivity contribution >= 4 is 22.6 Å². The predicted molar refractivity (Wildman–Crippen MR) is 49.8 cm³/mol. The summed E-state index contributed by atoms with van der Waals surface area (Å²) in [6.45, 7) is 0.264. The van der Waals surface area contributed by atoms with Gasteiger partial charge in [-0.2, -0.15) is 0 Å². The third-order valence-electron chi connectivity index (χ3n) is 1.40. The molecule has 66 valence electrons. The number of hydrogen-bond donors (Lipinski definition) is 1. The third-order valence-corrected chi connectivity index (χ3v) is 2.37. The third kappa shape index (κ3) is 2.10. The summed E-state index contributed by atoms with van der Waals surface area (Å²) in [7, 11) is 0. The molecule has 1 heterocycles. The molecule has 0 unspecified atom stereocenters. The summed E-state index contributed by atoms with van der Waals surface area (Å²) >= 11 is 2.01. The van der Waals surface area contributed by atoms with E-state index in [-0.39, 0.29) is 12.2 Å². The Bertz CT molecular complexity index is 278. The van der Waals surface area contributed by atoms with Gasteiger partial charge in [0.05, 0.1) is 0 Å². The van der Waals surface area contributed by atoms with E-state index in [0.717, 1.165) is 3.57 Å². The van der Waals surface area contributed by atoms with Crippen LogP contribution >= 0.6 is 22.6 Å². The van der Waals surface area contributed by atoms with Gasteiger partial charge in [0.25, 0.3) is 6.43 Å². The van der Waals surface area contributed by atoms with Crippen molar-refractivity contribution in [1.29, 1.82) is 0 Å². The van der Waals surface area contributed by atoms with Crippen LogP contribution in [0.2, 0.25) is 0 Å². The van der Waals surface area contributed by atoms with Crippen molar-refractivity contribution in [2.75, 3.05) is 0 Å². The summed E-state index contributed by atoms with van der Waals surface area (Å²) in [6.07, 6.45) is -1.11. The summed E-state index contributed by atoms with van der Waals surface area (Å²) in [5.74, 6) is 0. The van der Waals surface area contributed by atoms with Crippen molar-refractivity contribution in [3.05, 3.63) is 27.1 Å². The van der Waals surface area contributed by atoms with Gasteiger partial charge in [0, 0.05) is 16.3 Å². The number of halogens is 3. The van der Waals surface area contributed by atoms with Crippen molar-refractivity contribution < 1.29 is 8.78 Å². The molecule has 1 rings (SSSR count). The molecule has 0 bridgehead atoms. The molecular weight excluding hydrogens is 277 g/mol. The Balaban J connectivity index is 3.05. The van der Waals surface area contributed by atoms with Gasteiger partial charge in [-0.15, -0.1) is 0 Å². The number of rotatable bonds is 2. The maximum atomic E-state index is 12.1. The number of nitrogens with zero attached hydrogens (tertiary/aromatic N) is 1. The molecule has 0 saturated carbocycles. The normalized spacial score (nSPS) is 10.8. The van der Waals surface area contributed by atoms with Gasteiger partial charge in [-0.25, -0.2) is 8.78 Å². The molecule has 5 heteroatoms. The summed E-state index contributed by atoms with van der Waals surface area (Å²) in [5.41, 5.74) is 5.84. The van der Waals surface area contributed by atoms with Crippen molar-refractivity contribution in [1.82, 2.24) is 4.98 Å². The standard InChI is InChI=1S/C7H7F2IN2/c8-7(9)6-1-4(2-11)5(10)3-12-6/h1,3,7H,2,11H2. The van der Waals surface area contributed by atoms with Crippen LogP contribution in [0.5, 0.6) is 0 Å². The van der Waals surface area contributed by atoms with E-state index >= 15 is 0 Å². The van der Waals surface area contributed by atoms with Crippen LogP contribution in [0, 0.1) is 3.57 Å². The van der Waals surface area contributed by atoms with E-state index in [1.165, 1.54) is 12.3 Å². The van der Waals surface area contributed by atoms with Gasteiger partial charge >= 0.3 is 0 Å². The van der Waals surface area contributed by atoms with Gasteiger partial charge < -0.3 is 5.73 Å². The fourth-order valence-electron chi connectivity index (χ4n) is 0.775. The van der Waals surface area contributed by atoms with Gasteiger partial charge in [0.2, 0.25) is 0 Å². The summed E-state index contributed by atoms with van der Waals surface area (Å²) < 4.78 is 25.0. The zero-order chi connectivity index (χ0) is 9.14. The van der Waals surface area contributed by atoms with Gasteiger partial charge in [-0.3, -0.25) is 4.98 Å². The largest absolute Gasteiger partial charge is 0.326 e. The van der Waals surface area contributed by atoms with Crippen LogP contribution in [0.25, 0.3) is 0 Å². The van der Waals surface area contributed by atoms with Crippen LogP contribution in [-0.2, 0) is 6.54 Å². The SMILES string of the molecule is NCc1cc(C(F)F)ncc1I. The van der Waals surface area contributed by atoms with Crippen LogP contribution < -0.4 is 5.73 Å². The molecule has 0 aromatic carbocycles. The molecular formula is C7H7F2IN2. The first kappa shape index (κ1) is 9.79. The molecule has 12 heavy (non-hydrogen) atoms. The summed E-state index contributed by atoms with van der Waals surface area (Å²) in [5, 5.41) is 0. The number of hydrogen-bond acceptors (Lipinski definition) is 2. The monoisotopic (exact) mass is 284 g/mol. The molecule has 0 aliphatic rings. The highest BCUT2D eigenvalue weighted by Crippen LogP contribution is 2.19. The van der Waals surface area contributed by atoms with Crippen molar-refractivity contribution in [2.45, 2.75) is 13.0 Å². The number of aromatic nitrogens is 1. The van der Waals surface area contributed by atoms with Crippen molar-refractivity contribution in [3.63, 3.8) is 0 Å². The maximum absolute atomic E-state index is 12.1. The minimum absolute atomic E-state index is 0.212. The first-order chi connectivity index (χ1) is 5.65. The Morgan fingerprint density at radius 2 is 2.25 bits per heavy atom. The molecule has 0 atom stereocenters. The highest BCUT2D eigenvalue weighted by Gasteiger charge is 2.10. The average Bonchev–Trinajstić information content (AvgIpc) is 2.05. The minimum atomic E-state index is -2.52. The van der Waals surface area contributed by atoms with E-state index < -0.39 is 6.43 Å². The fraction of sp³-hybridized carbons (Fsp3) is 0.286. The molecule has 0 saturated heterocycles. The number of nitrogens with two attached hydrogens (primary N) is 1. The molecule has 1 aromatic heterocycles. The molecule has 0 radical (unpaired) electrons. The van der Waals surface area contributed by atoms with E-state index in [9.17, 15) is 8.78 Å². The smallest absolute Gasteiger partial charge is 0.280 e. The first-order valence-corrected chi connectivity index (χ1v) is 4.35. The molecule has 1 aromatic rings. The lowest BCUT2D eigenvalue weighted by molar-refractivity contribution is 0.146. The molecule has 0 spiro atoms. The predicted octanol–water partition coefficient (Wildman–Crippen LogP) is 2.08. The lowest BCUT2D eigenvalue weighted by Gasteiger charge is -2.03. The fourth-order valence-corrected chi connectivity index (χ4v) is 1.29. The van der Waals surface area contributed by atoms with Gasteiger partial charge in [-0.1, -0.05) is 0 Å². The highest BCUT2D eigenvalue weighted by atomic mass is 127. The zero-order valence-corrected chi connectivity index (χ0v) is 8.26. The zero-order valence-electron chi connectivity index (χ0n) is 6.10. The van der Waals surface area contributed by atoms with E-state index in [0.29, 0.717) is 5.56 Å². The second-order valence-electron chi connectivity index (χ2n) is 2.21. The molecule has 0 amide bonds. The summed E-state index contributed by atoms with van der Waals surface area (Å²) in [4.78, 5) is 3.57. The van der Waals surface area contributed by atoms with Gasteiger partial charge in [0.15, 0.2) is 0 Å². The molecule has 0 aliphatic heterocycles. The average molecular weight is 284 g/mol.